The Kier molecular flexibility index (Phi) is 4.38. The van der Waals surface area contributed by atoms with Crippen molar-refractivity contribution in [1.82, 2.24) is 4.90 Å². The van der Waals surface area contributed by atoms with Crippen LogP contribution in [-0.2, 0) is 4.74 Å². The van der Waals surface area contributed by atoms with Gasteiger partial charge in [-0.25, -0.2) is 0 Å². The van der Waals surface area contributed by atoms with Gasteiger partial charge in [-0.2, -0.15) is 0 Å². The van der Waals surface area contributed by atoms with Gasteiger partial charge in [-0.1, -0.05) is 0 Å². The summed E-state index contributed by atoms with van der Waals surface area (Å²) in [6.07, 6.45) is 1.07. The van der Waals surface area contributed by atoms with E-state index < -0.39 is 0 Å². The molecule has 5 heteroatoms. The summed E-state index contributed by atoms with van der Waals surface area (Å²) in [6, 6.07) is 4.89. The lowest BCUT2D eigenvalue weighted by molar-refractivity contribution is 0.140. The molecule has 0 saturated carbocycles. The number of hydrogen-bond donors (Lipinski definition) is 1. The minimum absolute atomic E-state index is 0.252. The molecule has 90 valence electrons. The van der Waals surface area contributed by atoms with Crippen LogP contribution in [0.1, 0.15) is 17.3 Å². The highest BCUT2D eigenvalue weighted by Gasteiger charge is 2.33. The van der Waals surface area contributed by atoms with E-state index in [2.05, 4.69) is 33.0 Å². The Bertz CT molecular complexity index is 344. The van der Waals surface area contributed by atoms with Crippen molar-refractivity contribution in [3.05, 3.63) is 20.8 Å². The molecule has 0 aromatic carbocycles. The van der Waals surface area contributed by atoms with Crippen molar-refractivity contribution < 1.29 is 4.74 Å². The minimum Gasteiger partial charge on any atom is -0.383 e. The van der Waals surface area contributed by atoms with Crippen LogP contribution in [0.2, 0.25) is 0 Å². The highest BCUT2D eigenvalue weighted by Crippen LogP contribution is 2.36. The first-order valence-corrected chi connectivity index (χ1v) is 7.07. The van der Waals surface area contributed by atoms with Crippen LogP contribution in [-0.4, -0.2) is 37.7 Å². The summed E-state index contributed by atoms with van der Waals surface area (Å²) in [4.78, 5) is 3.78. The van der Waals surface area contributed by atoms with Gasteiger partial charge in [0.05, 0.1) is 16.4 Å². The molecule has 0 radical (unpaired) electrons. The van der Waals surface area contributed by atoms with Gasteiger partial charge in [0, 0.05) is 31.1 Å². The molecule has 0 amide bonds. The standard InChI is InChI=1S/C11H17BrN2OS/c1-15-7-6-14-5-4-8(13)11(14)9-2-3-10(12)16-9/h2-3,8,11H,4-7,13H2,1H3. The van der Waals surface area contributed by atoms with Gasteiger partial charge in [-0.05, 0) is 34.5 Å². The zero-order valence-corrected chi connectivity index (χ0v) is 11.8. The summed E-state index contributed by atoms with van der Waals surface area (Å²) in [5.41, 5.74) is 6.19. The fraction of sp³-hybridized carbons (Fsp3) is 0.636. The van der Waals surface area contributed by atoms with E-state index in [4.69, 9.17) is 10.5 Å². The predicted octanol–water partition coefficient (Wildman–Crippen LogP) is 2.23. The maximum atomic E-state index is 6.19. The van der Waals surface area contributed by atoms with Gasteiger partial charge < -0.3 is 10.5 Å². The average Bonchev–Trinajstić information content (AvgIpc) is 2.82. The molecule has 2 rings (SSSR count). The Labute approximate surface area is 109 Å². The fourth-order valence-electron chi connectivity index (χ4n) is 2.22. The Morgan fingerprint density at radius 3 is 3.06 bits per heavy atom. The number of halogens is 1. The number of hydrogen-bond acceptors (Lipinski definition) is 4. The second-order valence-electron chi connectivity index (χ2n) is 4.07. The van der Waals surface area contributed by atoms with Crippen LogP contribution >= 0.6 is 27.3 Å². The molecule has 0 bridgehead atoms. The topological polar surface area (TPSA) is 38.5 Å². The lowest BCUT2D eigenvalue weighted by atomic mass is 10.1. The molecule has 2 heterocycles. The van der Waals surface area contributed by atoms with Crippen molar-refractivity contribution in [1.29, 1.82) is 0 Å². The summed E-state index contributed by atoms with van der Waals surface area (Å²) >= 11 is 5.29. The van der Waals surface area contributed by atoms with E-state index in [9.17, 15) is 0 Å². The molecular formula is C11H17BrN2OS. The highest BCUT2D eigenvalue weighted by atomic mass is 79.9. The third kappa shape index (κ3) is 2.65. The van der Waals surface area contributed by atoms with Gasteiger partial charge in [-0.15, -0.1) is 11.3 Å². The second kappa shape index (κ2) is 5.60. The summed E-state index contributed by atoms with van der Waals surface area (Å²) in [6.45, 7) is 2.81. The Hall–Kier alpha value is 0.0600. The Morgan fingerprint density at radius 1 is 1.62 bits per heavy atom. The van der Waals surface area contributed by atoms with Crippen molar-refractivity contribution in [3.63, 3.8) is 0 Å². The van der Waals surface area contributed by atoms with Crippen LogP contribution in [0.25, 0.3) is 0 Å². The number of thiophene rings is 1. The van der Waals surface area contributed by atoms with Crippen LogP contribution in [0.15, 0.2) is 15.9 Å². The lowest BCUT2D eigenvalue weighted by Gasteiger charge is -2.25. The SMILES string of the molecule is COCCN1CCC(N)C1c1ccc(Br)s1. The van der Waals surface area contributed by atoms with Crippen LogP contribution in [0.5, 0.6) is 0 Å². The third-order valence-corrected chi connectivity index (χ3v) is 4.71. The maximum absolute atomic E-state index is 6.19. The van der Waals surface area contributed by atoms with Crippen molar-refractivity contribution in [3.8, 4) is 0 Å². The molecule has 0 spiro atoms. The van der Waals surface area contributed by atoms with Crippen LogP contribution in [0, 0.1) is 0 Å². The molecule has 1 fully saturated rings. The largest absolute Gasteiger partial charge is 0.383 e. The summed E-state index contributed by atoms with van der Waals surface area (Å²) in [5, 5.41) is 0. The molecule has 1 aliphatic rings. The number of nitrogens with zero attached hydrogens (tertiary/aromatic N) is 1. The quantitative estimate of drug-likeness (QED) is 0.927. The number of nitrogens with two attached hydrogens (primary N) is 1. The summed E-state index contributed by atoms with van der Waals surface area (Å²) < 4.78 is 6.31. The zero-order valence-electron chi connectivity index (χ0n) is 9.36. The molecule has 1 aromatic heterocycles. The van der Waals surface area contributed by atoms with Gasteiger partial charge in [0.25, 0.3) is 0 Å². The third-order valence-electron chi connectivity index (χ3n) is 3.02. The fourth-order valence-corrected chi connectivity index (χ4v) is 3.86. The van der Waals surface area contributed by atoms with E-state index in [0.29, 0.717) is 6.04 Å². The van der Waals surface area contributed by atoms with Gasteiger partial charge in [0.2, 0.25) is 0 Å². The Balaban J connectivity index is 2.09. The van der Waals surface area contributed by atoms with E-state index in [1.165, 1.54) is 8.66 Å². The molecule has 1 aromatic rings. The van der Waals surface area contributed by atoms with Crippen molar-refractivity contribution in [2.24, 2.45) is 5.73 Å². The second-order valence-corrected chi connectivity index (χ2v) is 6.56. The van der Waals surface area contributed by atoms with E-state index in [0.717, 1.165) is 26.1 Å². The molecule has 3 nitrogen and oxygen atoms in total. The Morgan fingerprint density at radius 2 is 2.44 bits per heavy atom. The number of ether oxygens (including phenoxy) is 1. The molecule has 16 heavy (non-hydrogen) atoms. The van der Waals surface area contributed by atoms with Gasteiger partial charge in [0.15, 0.2) is 0 Å². The minimum atomic E-state index is 0.252. The van der Waals surface area contributed by atoms with Crippen LogP contribution in [0.3, 0.4) is 0 Å². The van der Waals surface area contributed by atoms with E-state index in [1.807, 2.05) is 0 Å². The molecule has 0 aliphatic carbocycles. The smallest absolute Gasteiger partial charge is 0.0702 e. The van der Waals surface area contributed by atoms with Gasteiger partial charge in [0.1, 0.15) is 0 Å². The normalized spacial score (nSPS) is 26.4. The summed E-state index contributed by atoms with van der Waals surface area (Å²) in [5.74, 6) is 0. The number of methoxy groups -OCH3 is 1. The first-order valence-electron chi connectivity index (χ1n) is 5.46. The zero-order chi connectivity index (χ0) is 11.5. The molecule has 2 N–H and O–H groups in total. The first-order chi connectivity index (χ1) is 7.72. The van der Waals surface area contributed by atoms with E-state index in [-0.39, 0.29) is 6.04 Å². The lowest BCUT2D eigenvalue weighted by Crippen LogP contribution is -2.33. The van der Waals surface area contributed by atoms with E-state index in [1.54, 1.807) is 18.4 Å². The molecule has 1 aliphatic heterocycles. The molecule has 1 saturated heterocycles. The van der Waals surface area contributed by atoms with Gasteiger partial charge >= 0.3 is 0 Å². The first kappa shape index (κ1) is 12.5. The highest BCUT2D eigenvalue weighted by molar-refractivity contribution is 9.11. The van der Waals surface area contributed by atoms with Crippen LogP contribution in [0.4, 0.5) is 0 Å². The predicted molar refractivity (Wildman–Crippen MR) is 70.8 cm³/mol. The van der Waals surface area contributed by atoms with Crippen molar-refractivity contribution >= 4 is 27.3 Å². The monoisotopic (exact) mass is 304 g/mol. The molecule has 2 atom stereocenters. The number of likely N-dealkylation sites (tertiary alicyclic amines) is 1. The maximum Gasteiger partial charge on any atom is 0.0702 e. The van der Waals surface area contributed by atoms with Crippen molar-refractivity contribution in [2.75, 3.05) is 26.8 Å². The van der Waals surface area contributed by atoms with Crippen molar-refractivity contribution in [2.45, 2.75) is 18.5 Å². The van der Waals surface area contributed by atoms with E-state index >= 15 is 0 Å². The van der Waals surface area contributed by atoms with Crippen LogP contribution < -0.4 is 5.73 Å². The molecule has 2 unspecified atom stereocenters. The number of rotatable bonds is 4. The average molecular weight is 305 g/mol. The molecular weight excluding hydrogens is 288 g/mol. The summed E-state index contributed by atoms with van der Waals surface area (Å²) in [7, 11) is 1.74. The van der Waals surface area contributed by atoms with Gasteiger partial charge in [-0.3, -0.25) is 4.90 Å².